The molecule has 0 spiro atoms. The molecule has 0 saturated carbocycles. The Labute approximate surface area is 208 Å². The Morgan fingerprint density at radius 2 is 2.11 bits per heavy atom. The van der Waals surface area contributed by atoms with Gasteiger partial charge < -0.3 is 11.1 Å². The molecule has 0 radical (unpaired) electrons. The van der Waals surface area contributed by atoms with E-state index in [2.05, 4.69) is 38.1 Å². The molecule has 5 rings (SSSR count). The number of nitrogen functional groups attached to an aromatic ring is 1. The van der Waals surface area contributed by atoms with E-state index in [0.717, 1.165) is 37.3 Å². The lowest BCUT2D eigenvalue weighted by molar-refractivity contribution is 0.102. The van der Waals surface area contributed by atoms with E-state index in [-0.39, 0.29) is 17.8 Å². The fourth-order valence-electron chi connectivity index (χ4n) is 4.55. The molecule has 1 atom stereocenters. The van der Waals surface area contributed by atoms with Crippen LogP contribution < -0.4 is 11.1 Å². The number of anilines is 2. The molecule has 3 aromatic heterocycles. The molecule has 3 N–H and O–H groups in total. The zero-order valence-corrected chi connectivity index (χ0v) is 19.8. The summed E-state index contributed by atoms with van der Waals surface area (Å²) in [5.41, 5.74) is 9.32. The standard InChI is InChI=1S/C27H24N8O/c1-2-3-13-34-14-10-19(17-34)24-22-9-12-31-27(29)35(22)25(33-24)21-8-7-18(15-20(21)16-28)26(36)32-23-6-4-5-11-30-23/h4-9,11-12,15,19H,10,13-14,17H2,1H3,(H2,29,31)(H,30,32,36). The molecule has 9 heteroatoms. The van der Waals surface area contributed by atoms with E-state index in [0.29, 0.717) is 28.3 Å². The number of carbonyl (C=O) groups is 1. The summed E-state index contributed by atoms with van der Waals surface area (Å²) in [7, 11) is 0. The second-order valence-electron chi connectivity index (χ2n) is 8.53. The minimum absolute atomic E-state index is 0.211. The number of nitriles is 1. The Bertz CT molecular complexity index is 1540. The van der Waals surface area contributed by atoms with E-state index in [4.69, 9.17) is 10.7 Å². The highest BCUT2D eigenvalue weighted by Crippen LogP contribution is 2.34. The molecule has 1 saturated heterocycles. The zero-order chi connectivity index (χ0) is 25.1. The van der Waals surface area contributed by atoms with Gasteiger partial charge in [0, 0.05) is 36.0 Å². The number of fused-ring (bicyclic) bond motifs is 1. The highest BCUT2D eigenvalue weighted by molar-refractivity contribution is 6.04. The molecule has 4 heterocycles. The third-order valence-electron chi connectivity index (χ3n) is 6.30. The van der Waals surface area contributed by atoms with Crippen molar-refractivity contribution in [3.63, 3.8) is 0 Å². The van der Waals surface area contributed by atoms with E-state index in [9.17, 15) is 10.1 Å². The summed E-state index contributed by atoms with van der Waals surface area (Å²) in [6, 6.07) is 14.3. The van der Waals surface area contributed by atoms with Crippen molar-refractivity contribution in [3.8, 4) is 29.3 Å². The number of nitrogens with zero attached hydrogens (tertiary/aromatic N) is 6. The lowest BCUT2D eigenvalue weighted by Gasteiger charge is -2.11. The number of pyridine rings is 1. The van der Waals surface area contributed by atoms with Gasteiger partial charge in [-0.3, -0.25) is 14.1 Å². The van der Waals surface area contributed by atoms with Gasteiger partial charge in [-0.15, -0.1) is 5.92 Å². The molecule has 1 amide bonds. The Morgan fingerprint density at radius 3 is 2.89 bits per heavy atom. The normalized spacial score (nSPS) is 15.3. The van der Waals surface area contributed by atoms with Crippen LogP contribution in [-0.4, -0.2) is 49.8 Å². The lowest BCUT2D eigenvalue weighted by atomic mass is 10.0. The molecule has 36 heavy (non-hydrogen) atoms. The fraction of sp³-hybridized carbons (Fsp3) is 0.222. The number of benzene rings is 1. The van der Waals surface area contributed by atoms with E-state index >= 15 is 0 Å². The number of imidazole rings is 1. The molecule has 178 valence electrons. The molecule has 0 bridgehead atoms. The molecule has 1 aromatic carbocycles. The SMILES string of the molecule is CC#CCN1CCC(c2nc(-c3ccc(C(=O)Nc4ccccn4)cc3C#N)n3c(N)nccc23)C1. The molecular weight excluding hydrogens is 452 g/mol. The van der Waals surface area contributed by atoms with Crippen LogP contribution in [0, 0.1) is 23.2 Å². The van der Waals surface area contributed by atoms with Crippen LogP contribution in [0.4, 0.5) is 11.8 Å². The number of rotatable bonds is 5. The quantitative estimate of drug-likeness (QED) is 0.423. The number of nitrogens with one attached hydrogen (secondary N) is 1. The summed E-state index contributed by atoms with van der Waals surface area (Å²) in [6.45, 7) is 4.37. The molecule has 1 aliphatic rings. The van der Waals surface area contributed by atoms with Crippen molar-refractivity contribution in [1.82, 2.24) is 24.3 Å². The van der Waals surface area contributed by atoms with E-state index in [1.165, 1.54) is 0 Å². The van der Waals surface area contributed by atoms with Crippen molar-refractivity contribution in [3.05, 3.63) is 71.7 Å². The van der Waals surface area contributed by atoms with Gasteiger partial charge >= 0.3 is 0 Å². The predicted octanol–water partition coefficient (Wildman–Crippen LogP) is 3.31. The molecular formula is C27H24N8O. The van der Waals surface area contributed by atoms with Crippen molar-refractivity contribution in [1.29, 1.82) is 5.26 Å². The predicted molar refractivity (Wildman–Crippen MR) is 137 cm³/mol. The van der Waals surface area contributed by atoms with Gasteiger partial charge in [0.15, 0.2) is 0 Å². The molecule has 1 aliphatic heterocycles. The first kappa shape index (κ1) is 23.0. The number of nitrogens with two attached hydrogens (primary N) is 1. The van der Waals surface area contributed by atoms with E-state index < -0.39 is 0 Å². The van der Waals surface area contributed by atoms with Crippen molar-refractivity contribution >= 4 is 23.2 Å². The van der Waals surface area contributed by atoms with Crippen LogP contribution in [0.15, 0.2) is 54.9 Å². The minimum Gasteiger partial charge on any atom is -0.369 e. The maximum atomic E-state index is 12.8. The van der Waals surface area contributed by atoms with Gasteiger partial charge in [-0.05, 0) is 56.3 Å². The topological polar surface area (TPSA) is 125 Å². The molecule has 4 aromatic rings. The van der Waals surface area contributed by atoms with Crippen LogP contribution >= 0.6 is 0 Å². The third kappa shape index (κ3) is 4.36. The van der Waals surface area contributed by atoms with Gasteiger partial charge in [0.1, 0.15) is 11.6 Å². The number of likely N-dealkylation sites (tertiary alicyclic amines) is 1. The summed E-state index contributed by atoms with van der Waals surface area (Å²) >= 11 is 0. The number of hydrogen-bond acceptors (Lipinski definition) is 7. The van der Waals surface area contributed by atoms with Crippen LogP contribution in [0.3, 0.4) is 0 Å². The number of hydrogen-bond donors (Lipinski definition) is 2. The fourth-order valence-corrected chi connectivity index (χ4v) is 4.55. The largest absolute Gasteiger partial charge is 0.369 e. The molecule has 1 fully saturated rings. The third-order valence-corrected chi connectivity index (χ3v) is 6.30. The zero-order valence-electron chi connectivity index (χ0n) is 19.8. The van der Waals surface area contributed by atoms with Gasteiger partial charge in [0.2, 0.25) is 5.95 Å². The Kier molecular flexibility index (Phi) is 6.31. The van der Waals surface area contributed by atoms with Crippen LogP contribution in [0.2, 0.25) is 0 Å². The van der Waals surface area contributed by atoms with Gasteiger partial charge in [-0.2, -0.15) is 5.26 Å². The average Bonchev–Trinajstić information content (AvgIpc) is 3.53. The first-order chi connectivity index (χ1) is 17.6. The highest BCUT2D eigenvalue weighted by Gasteiger charge is 2.29. The van der Waals surface area contributed by atoms with Crippen molar-refractivity contribution in [2.45, 2.75) is 19.3 Å². The van der Waals surface area contributed by atoms with Crippen LogP contribution in [-0.2, 0) is 0 Å². The smallest absolute Gasteiger partial charge is 0.256 e. The number of amides is 1. The van der Waals surface area contributed by atoms with Crippen LogP contribution in [0.25, 0.3) is 16.9 Å². The first-order valence-electron chi connectivity index (χ1n) is 11.6. The summed E-state index contributed by atoms with van der Waals surface area (Å²) in [6.07, 6.45) is 4.22. The maximum absolute atomic E-state index is 12.8. The second kappa shape index (κ2) is 9.87. The summed E-state index contributed by atoms with van der Waals surface area (Å²) in [4.78, 5) is 28.4. The van der Waals surface area contributed by atoms with Crippen LogP contribution in [0.5, 0.6) is 0 Å². The minimum atomic E-state index is -0.354. The number of carbonyl (C=O) groups excluding carboxylic acids is 1. The van der Waals surface area contributed by atoms with E-state index in [1.807, 2.05) is 13.0 Å². The monoisotopic (exact) mass is 476 g/mol. The van der Waals surface area contributed by atoms with Gasteiger partial charge in [0.05, 0.1) is 29.4 Å². The molecule has 0 aliphatic carbocycles. The molecule has 9 nitrogen and oxygen atoms in total. The summed E-state index contributed by atoms with van der Waals surface area (Å²) < 4.78 is 1.79. The van der Waals surface area contributed by atoms with Crippen molar-refractivity contribution < 1.29 is 4.79 Å². The Morgan fingerprint density at radius 1 is 1.22 bits per heavy atom. The van der Waals surface area contributed by atoms with E-state index in [1.54, 1.807) is 53.2 Å². The average molecular weight is 477 g/mol. The number of aromatic nitrogens is 4. The van der Waals surface area contributed by atoms with Gasteiger partial charge in [-0.1, -0.05) is 12.0 Å². The Hall–Kier alpha value is -4.73. The summed E-state index contributed by atoms with van der Waals surface area (Å²) in [5.74, 6) is 7.19. The highest BCUT2D eigenvalue weighted by atomic mass is 16.1. The Balaban J connectivity index is 1.53. The molecule has 1 unspecified atom stereocenters. The van der Waals surface area contributed by atoms with Gasteiger partial charge in [-0.25, -0.2) is 15.0 Å². The van der Waals surface area contributed by atoms with Crippen molar-refractivity contribution in [2.24, 2.45) is 0 Å². The van der Waals surface area contributed by atoms with Gasteiger partial charge in [0.25, 0.3) is 5.91 Å². The second-order valence-corrected chi connectivity index (χ2v) is 8.53. The van der Waals surface area contributed by atoms with Crippen molar-refractivity contribution in [2.75, 3.05) is 30.7 Å². The summed E-state index contributed by atoms with van der Waals surface area (Å²) in [5, 5.41) is 12.7. The van der Waals surface area contributed by atoms with Crippen LogP contribution in [0.1, 0.15) is 40.9 Å². The maximum Gasteiger partial charge on any atom is 0.256 e. The first-order valence-corrected chi connectivity index (χ1v) is 11.6. The lowest BCUT2D eigenvalue weighted by Crippen LogP contribution is -2.20.